The summed E-state index contributed by atoms with van der Waals surface area (Å²) in [4.78, 5) is 0. The van der Waals surface area contributed by atoms with Crippen molar-refractivity contribution in [2.75, 3.05) is 20.7 Å². The third kappa shape index (κ3) is 14.1. The number of hydrogen-bond donors (Lipinski definition) is 2. The number of halogens is 6. The molecule has 0 spiro atoms. The first-order valence-corrected chi connectivity index (χ1v) is 9.81. The Kier molecular flexibility index (Phi) is 15.7. The molecule has 0 radical (unpaired) electrons. The molecular formula is C23H34F6N2O. The molecule has 0 aliphatic carbocycles. The number of nitrogens with one attached hydrogen (secondary N) is 1. The van der Waals surface area contributed by atoms with E-state index in [1.165, 1.54) is 14.0 Å². The molecule has 3 nitrogen and oxygen atoms in total. The van der Waals surface area contributed by atoms with Gasteiger partial charge >= 0.3 is 12.4 Å². The number of likely N-dealkylation sites (N-methyl/N-ethyl adjacent to an activating group) is 1. The molecule has 0 saturated heterocycles. The van der Waals surface area contributed by atoms with E-state index in [0.717, 1.165) is 18.5 Å². The van der Waals surface area contributed by atoms with Crippen molar-refractivity contribution in [1.29, 1.82) is 0 Å². The van der Waals surface area contributed by atoms with Gasteiger partial charge in [0.2, 0.25) is 0 Å². The van der Waals surface area contributed by atoms with Crippen molar-refractivity contribution >= 4 is 0 Å². The van der Waals surface area contributed by atoms with E-state index in [0.29, 0.717) is 18.2 Å². The summed E-state index contributed by atoms with van der Waals surface area (Å²) in [5, 5.41) is 2.99. The first-order valence-electron chi connectivity index (χ1n) is 9.81. The Morgan fingerprint density at radius 3 is 1.78 bits per heavy atom. The molecule has 0 fully saturated rings. The number of ether oxygens (including phenoxy) is 1. The Hall–Kier alpha value is -2.10. The average Bonchev–Trinajstić information content (AvgIpc) is 2.72. The second kappa shape index (κ2) is 15.7. The summed E-state index contributed by atoms with van der Waals surface area (Å²) in [6, 6.07) is 1.74. The molecule has 1 rings (SSSR count). The summed E-state index contributed by atoms with van der Waals surface area (Å²) in [5.74, 6) is 0. The first kappa shape index (κ1) is 32.1. The van der Waals surface area contributed by atoms with Gasteiger partial charge in [-0.05, 0) is 51.1 Å². The van der Waals surface area contributed by atoms with Gasteiger partial charge in [0, 0.05) is 19.7 Å². The highest BCUT2D eigenvalue weighted by Crippen LogP contribution is 2.37. The van der Waals surface area contributed by atoms with Crippen LogP contribution in [0.5, 0.6) is 0 Å². The number of methoxy groups -OCH3 is 1. The molecule has 32 heavy (non-hydrogen) atoms. The number of hydrogen-bond acceptors (Lipinski definition) is 3. The average molecular weight is 469 g/mol. The number of rotatable bonds is 7. The Morgan fingerprint density at radius 2 is 1.56 bits per heavy atom. The molecule has 0 heterocycles. The lowest BCUT2D eigenvalue weighted by Gasteiger charge is -2.17. The van der Waals surface area contributed by atoms with Gasteiger partial charge in [0.15, 0.2) is 0 Å². The molecule has 1 aromatic carbocycles. The van der Waals surface area contributed by atoms with E-state index in [2.05, 4.69) is 25.4 Å². The van der Waals surface area contributed by atoms with Crippen molar-refractivity contribution in [3.05, 3.63) is 71.8 Å². The maximum atomic E-state index is 12.5. The van der Waals surface area contributed by atoms with Crippen LogP contribution in [-0.4, -0.2) is 26.7 Å². The van der Waals surface area contributed by atoms with Gasteiger partial charge < -0.3 is 15.8 Å². The van der Waals surface area contributed by atoms with Crippen molar-refractivity contribution < 1.29 is 31.1 Å². The predicted molar refractivity (Wildman–Crippen MR) is 118 cm³/mol. The normalized spacial score (nSPS) is 13.7. The van der Waals surface area contributed by atoms with Crippen LogP contribution in [0.4, 0.5) is 26.3 Å². The zero-order valence-corrected chi connectivity index (χ0v) is 19.2. The van der Waals surface area contributed by atoms with Gasteiger partial charge in [-0.15, -0.1) is 0 Å². The number of allylic oxidation sites excluding steroid dienone is 4. The highest BCUT2D eigenvalue weighted by Gasteiger charge is 2.37. The van der Waals surface area contributed by atoms with Crippen LogP contribution in [0.2, 0.25) is 0 Å². The van der Waals surface area contributed by atoms with Crippen LogP contribution < -0.4 is 11.1 Å². The molecule has 9 heteroatoms. The smallest absolute Gasteiger partial charge is 0.377 e. The molecule has 0 aliphatic rings. The molecular weight excluding hydrogens is 434 g/mol. The molecule has 1 aromatic rings. The number of alkyl halides is 6. The van der Waals surface area contributed by atoms with E-state index in [4.69, 9.17) is 10.5 Å². The molecule has 184 valence electrons. The third-order valence-corrected chi connectivity index (χ3v) is 4.13. The fourth-order valence-electron chi connectivity index (χ4n) is 2.01. The Bertz CT molecular complexity index is 679. The van der Waals surface area contributed by atoms with E-state index in [9.17, 15) is 26.3 Å². The SMILES string of the molecule is C=C/C=C(/C)C=C.CCC(N)CNC.COC(C)c1cc(C(F)(F)F)cc(C(F)(F)F)c1. The predicted octanol–water partition coefficient (Wildman–Crippen LogP) is 6.68. The van der Waals surface area contributed by atoms with Crippen LogP contribution in [0.15, 0.2) is 55.2 Å². The lowest BCUT2D eigenvalue weighted by molar-refractivity contribution is -0.143. The van der Waals surface area contributed by atoms with Gasteiger partial charge in [-0.25, -0.2) is 0 Å². The van der Waals surface area contributed by atoms with E-state index in [1.807, 2.05) is 20.0 Å². The Labute approximate surface area is 187 Å². The van der Waals surface area contributed by atoms with E-state index in [-0.39, 0.29) is 11.6 Å². The zero-order chi connectivity index (χ0) is 25.5. The van der Waals surface area contributed by atoms with Crippen LogP contribution in [0, 0.1) is 0 Å². The maximum Gasteiger partial charge on any atom is 0.416 e. The zero-order valence-electron chi connectivity index (χ0n) is 19.2. The van der Waals surface area contributed by atoms with Crippen molar-refractivity contribution in [2.24, 2.45) is 5.73 Å². The van der Waals surface area contributed by atoms with Crippen molar-refractivity contribution in [2.45, 2.75) is 51.7 Å². The molecule has 0 aromatic heterocycles. The summed E-state index contributed by atoms with van der Waals surface area (Å²) < 4.78 is 79.7. The van der Waals surface area contributed by atoms with Crippen molar-refractivity contribution in [3.63, 3.8) is 0 Å². The summed E-state index contributed by atoms with van der Waals surface area (Å²) in [7, 11) is 3.12. The van der Waals surface area contributed by atoms with Crippen LogP contribution in [0.1, 0.15) is 50.0 Å². The molecule has 2 unspecified atom stereocenters. The second-order valence-corrected chi connectivity index (χ2v) is 6.79. The largest absolute Gasteiger partial charge is 0.416 e. The third-order valence-electron chi connectivity index (χ3n) is 4.13. The molecule has 0 bridgehead atoms. The minimum absolute atomic E-state index is 0.0892. The second-order valence-electron chi connectivity index (χ2n) is 6.79. The number of nitrogens with two attached hydrogens (primary N) is 1. The van der Waals surface area contributed by atoms with Gasteiger partial charge in [0.05, 0.1) is 17.2 Å². The molecule has 2 atom stereocenters. The summed E-state index contributed by atoms with van der Waals surface area (Å²) in [6.07, 6.45) is -4.01. The minimum atomic E-state index is -4.83. The fourth-order valence-corrected chi connectivity index (χ4v) is 2.01. The summed E-state index contributed by atoms with van der Waals surface area (Å²) in [6.45, 7) is 13.5. The fraction of sp³-hybridized carbons (Fsp3) is 0.478. The van der Waals surface area contributed by atoms with E-state index >= 15 is 0 Å². The minimum Gasteiger partial charge on any atom is -0.377 e. The standard InChI is InChI=1S/C11H10F6O.C7H10.C5H14N2/c1-6(18-2)7-3-8(10(12,13)14)5-9(4-7)11(15,16)17;1-4-6-7(3)5-2;1-3-5(6)4-7-2/h3-6H,1-2H3;4-6H,1-2H2,3H3;5,7H,3-4,6H2,1-2H3/b;7-6-;. The lowest BCUT2D eigenvalue weighted by atomic mass is 10.0. The highest BCUT2D eigenvalue weighted by atomic mass is 19.4. The van der Waals surface area contributed by atoms with Gasteiger partial charge in [0.25, 0.3) is 0 Å². The van der Waals surface area contributed by atoms with Crippen LogP contribution in [0.25, 0.3) is 0 Å². The molecule has 3 N–H and O–H groups in total. The van der Waals surface area contributed by atoms with E-state index in [1.54, 1.807) is 12.2 Å². The molecule has 0 amide bonds. The van der Waals surface area contributed by atoms with Crippen LogP contribution in [0.3, 0.4) is 0 Å². The van der Waals surface area contributed by atoms with Crippen LogP contribution in [-0.2, 0) is 17.1 Å². The molecule has 0 aliphatic heterocycles. The monoisotopic (exact) mass is 468 g/mol. The van der Waals surface area contributed by atoms with E-state index < -0.39 is 29.6 Å². The topological polar surface area (TPSA) is 47.3 Å². The van der Waals surface area contributed by atoms with Gasteiger partial charge in [-0.1, -0.05) is 43.9 Å². The Balaban J connectivity index is 0. The van der Waals surface area contributed by atoms with Crippen LogP contribution >= 0.6 is 0 Å². The van der Waals surface area contributed by atoms with Crippen molar-refractivity contribution in [3.8, 4) is 0 Å². The quantitative estimate of drug-likeness (QED) is 0.347. The number of benzene rings is 1. The maximum absolute atomic E-state index is 12.5. The summed E-state index contributed by atoms with van der Waals surface area (Å²) in [5.41, 5.74) is 3.83. The van der Waals surface area contributed by atoms with Crippen molar-refractivity contribution in [1.82, 2.24) is 5.32 Å². The van der Waals surface area contributed by atoms with Gasteiger partial charge in [0.1, 0.15) is 0 Å². The Morgan fingerprint density at radius 1 is 1.09 bits per heavy atom. The summed E-state index contributed by atoms with van der Waals surface area (Å²) >= 11 is 0. The lowest BCUT2D eigenvalue weighted by Crippen LogP contribution is -2.30. The first-order chi connectivity index (χ1) is 14.7. The van der Waals surface area contributed by atoms with Gasteiger partial charge in [-0.2, -0.15) is 26.3 Å². The highest BCUT2D eigenvalue weighted by molar-refractivity contribution is 5.34. The van der Waals surface area contributed by atoms with Gasteiger partial charge in [-0.3, -0.25) is 0 Å². The molecule has 0 saturated carbocycles.